The molecule has 1 heterocycles. The summed E-state index contributed by atoms with van der Waals surface area (Å²) in [6.07, 6.45) is 0.642. The number of amides is 1. The van der Waals surface area contributed by atoms with E-state index in [1.807, 2.05) is 65.2 Å². The molecular weight excluding hydrogens is 356 g/mol. The zero-order valence-electron chi connectivity index (χ0n) is 15.6. The number of ether oxygens (including phenoxy) is 1. The molecule has 0 aliphatic heterocycles. The van der Waals surface area contributed by atoms with Gasteiger partial charge in [-0.1, -0.05) is 12.1 Å². The minimum absolute atomic E-state index is 0.0474. The number of carboxylic acid groups (broad SMARTS) is 1. The van der Waals surface area contributed by atoms with Crippen molar-refractivity contribution in [2.75, 3.05) is 7.11 Å². The van der Waals surface area contributed by atoms with E-state index in [0.29, 0.717) is 6.42 Å². The number of aliphatic carboxylic acids is 1. The highest BCUT2D eigenvalue weighted by atomic mass is 16.5. The molecule has 6 heteroatoms. The van der Waals surface area contributed by atoms with Crippen molar-refractivity contribution in [3.8, 4) is 22.7 Å². The third kappa shape index (κ3) is 4.40. The first-order valence-electron chi connectivity index (χ1n) is 8.92. The SMILES string of the molecule is COc1ccc(-c2ccc(CCC(=O)O)n2-c2ccc(CC(N)=O)cc2)cc1. The third-order valence-corrected chi connectivity index (χ3v) is 4.52. The van der Waals surface area contributed by atoms with E-state index in [9.17, 15) is 9.59 Å². The fourth-order valence-corrected chi connectivity index (χ4v) is 3.17. The maximum absolute atomic E-state index is 11.1. The van der Waals surface area contributed by atoms with Crippen molar-refractivity contribution >= 4 is 11.9 Å². The molecule has 0 fully saturated rings. The van der Waals surface area contributed by atoms with Crippen molar-refractivity contribution in [1.29, 1.82) is 0 Å². The van der Waals surface area contributed by atoms with Crippen LogP contribution in [-0.4, -0.2) is 28.7 Å². The van der Waals surface area contributed by atoms with Gasteiger partial charge in [0.15, 0.2) is 0 Å². The van der Waals surface area contributed by atoms with Crippen LogP contribution in [0, 0.1) is 0 Å². The van der Waals surface area contributed by atoms with Crippen LogP contribution in [0.3, 0.4) is 0 Å². The molecule has 0 radical (unpaired) electrons. The summed E-state index contributed by atoms with van der Waals surface area (Å²) in [4.78, 5) is 22.2. The van der Waals surface area contributed by atoms with Crippen LogP contribution in [-0.2, 0) is 22.4 Å². The lowest BCUT2D eigenvalue weighted by atomic mass is 10.1. The highest BCUT2D eigenvalue weighted by Crippen LogP contribution is 2.29. The number of nitrogens with zero attached hydrogens (tertiary/aromatic N) is 1. The Hall–Kier alpha value is -3.54. The number of carbonyl (C=O) groups is 2. The van der Waals surface area contributed by atoms with Gasteiger partial charge < -0.3 is 20.1 Å². The number of aryl methyl sites for hydroxylation is 1. The normalized spacial score (nSPS) is 10.6. The van der Waals surface area contributed by atoms with Gasteiger partial charge in [0.25, 0.3) is 0 Å². The van der Waals surface area contributed by atoms with Crippen LogP contribution < -0.4 is 10.5 Å². The minimum Gasteiger partial charge on any atom is -0.497 e. The number of rotatable bonds is 8. The highest BCUT2D eigenvalue weighted by Gasteiger charge is 2.13. The predicted octanol–water partition coefficient (Wildman–Crippen LogP) is 3.20. The molecule has 1 amide bonds. The molecule has 3 rings (SSSR count). The van der Waals surface area contributed by atoms with E-state index in [1.54, 1.807) is 7.11 Å². The highest BCUT2D eigenvalue weighted by molar-refractivity contribution is 5.76. The molecule has 0 spiro atoms. The Balaban J connectivity index is 2.03. The maximum Gasteiger partial charge on any atom is 0.303 e. The molecule has 144 valence electrons. The predicted molar refractivity (Wildman–Crippen MR) is 107 cm³/mol. The van der Waals surface area contributed by atoms with Crippen molar-refractivity contribution in [1.82, 2.24) is 4.57 Å². The van der Waals surface area contributed by atoms with E-state index in [1.165, 1.54) is 0 Å². The summed E-state index contributed by atoms with van der Waals surface area (Å²) in [5, 5.41) is 9.07. The monoisotopic (exact) mass is 378 g/mol. The number of benzene rings is 2. The molecule has 28 heavy (non-hydrogen) atoms. The zero-order valence-corrected chi connectivity index (χ0v) is 15.6. The molecule has 0 bridgehead atoms. The Kier molecular flexibility index (Phi) is 5.79. The smallest absolute Gasteiger partial charge is 0.303 e. The van der Waals surface area contributed by atoms with Gasteiger partial charge in [0.05, 0.1) is 25.6 Å². The largest absolute Gasteiger partial charge is 0.497 e. The van der Waals surface area contributed by atoms with Gasteiger partial charge in [-0.15, -0.1) is 0 Å². The van der Waals surface area contributed by atoms with Crippen LogP contribution in [0.25, 0.3) is 16.9 Å². The standard InChI is InChI=1S/C22H22N2O4/c1-28-19-10-4-16(5-11-19)20-12-8-18(9-13-22(26)27)24(20)17-6-2-15(3-7-17)14-21(23)25/h2-8,10-12H,9,13-14H2,1H3,(H2,23,25)(H,26,27). The van der Waals surface area contributed by atoms with Crippen molar-refractivity contribution in [3.63, 3.8) is 0 Å². The van der Waals surface area contributed by atoms with Gasteiger partial charge in [-0.05, 0) is 66.1 Å². The quantitative estimate of drug-likeness (QED) is 0.629. The maximum atomic E-state index is 11.1. The zero-order chi connectivity index (χ0) is 20.1. The number of hydrogen-bond donors (Lipinski definition) is 2. The van der Waals surface area contributed by atoms with Gasteiger partial charge >= 0.3 is 5.97 Å². The van der Waals surface area contributed by atoms with E-state index < -0.39 is 5.97 Å². The number of primary amides is 1. The summed E-state index contributed by atoms with van der Waals surface area (Å²) >= 11 is 0. The molecule has 1 aromatic heterocycles. The molecule has 0 atom stereocenters. The lowest BCUT2D eigenvalue weighted by Crippen LogP contribution is -2.13. The fraction of sp³-hybridized carbons (Fsp3) is 0.182. The average molecular weight is 378 g/mol. The van der Waals surface area contributed by atoms with Gasteiger partial charge in [-0.25, -0.2) is 0 Å². The third-order valence-electron chi connectivity index (χ3n) is 4.52. The van der Waals surface area contributed by atoms with E-state index in [0.717, 1.165) is 34.0 Å². The second-order valence-corrected chi connectivity index (χ2v) is 6.48. The first kappa shape index (κ1) is 19.2. The van der Waals surface area contributed by atoms with Crippen molar-refractivity contribution < 1.29 is 19.4 Å². The van der Waals surface area contributed by atoms with E-state index >= 15 is 0 Å². The van der Waals surface area contributed by atoms with Crippen molar-refractivity contribution in [2.45, 2.75) is 19.3 Å². The summed E-state index contributed by atoms with van der Waals surface area (Å²) < 4.78 is 7.27. The van der Waals surface area contributed by atoms with Crippen LogP contribution in [0.1, 0.15) is 17.7 Å². The Morgan fingerprint density at radius 1 is 1.00 bits per heavy atom. The molecule has 0 saturated carbocycles. The lowest BCUT2D eigenvalue weighted by molar-refractivity contribution is -0.137. The lowest BCUT2D eigenvalue weighted by Gasteiger charge is -2.15. The number of aromatic nitrogens is 1. The first-order chi connectivity index (χ1) is 13.5. The van der Waals surface area contributed by atoms with Crippen LogP contribution in [0.4, 0.5) is 0 Å². The number of hydrogen-bond acceptors (Lipinski definition) is 3. The second kappa shape index (κ2) is 8.43. The minimum atomic E-state index is -0.837. The molecule has 3 aromatic rings. The summed E-state index contributed by atoms with van der Waals surface area (Å²) in [5.74, 6) is -0.450. The van der Waals surface area contributed by atoms with Crippen LogP contribution in [0.15, 0.2) is 60.7 Å². The first-order valence-corrected chi connectivity index (χ1v) is 8.92. The molecule has 0 aliphatic rings. The van der Waals surface area contributed by atoms with Crippen LogP contribution in [0.5, 0.6) is 5.75 Å². The van der Waals surface area contributed by atoms with Gasteiger partial charge in [0.1, 0.15) is 5.75 Å². The molecular formula is C22H22N2O4. The summed E-state index contributed by atoms with van der Waals surface area (Å²) in [7, 11) is 1.62. The van der Waals surface area contributed by atoms with E-state index in [4.69, 9.17) is 15.6 Å². The Labute approximate surface area is 163 Å². The van der Waals surface area contributed by atoms with Gasteiger partial charge in [-0.2, -0.15) is 0 Å². The Morgan fingerprint density at radius 3 is 2.25 bits per heavy atom. The number of carboxylic acids is 1. The topological polar surface area (TPSA) is 94.6 Å². The van der Waals surface area contributed by atoms with Gasteiger partial charge in [0.2, 0.25) is 5.91 Å². The number of methoxy groups -OCH3 is 1. The number of nitrogens with two attached hydrogens (primary N) is 1. The molecule has 0 aliphatic carbocycles. The van der Waals surface area contributed by atoms with E-state index in [2.05, 4.69) is 0 Å². The van der Waals surface area contributed by atoms with Crippen LogP contribution in [0.2, 0.25) is 0 Å². The average Bonchev–Trinajstić information content (AvgIpc) is 3.10. The molecule has 2 aromatic carbocycles. The second-order valence-electron chi connectivity index (χ2n) is 6.48. The molecule has 0 saturated heterocycles. The van der Waals surface area contributed by atoms with Crippen molar-refractivity contribution in [2.24, 2.45) is 5.73 Å². The van der Waals surface area contributed by atoms with Gasteiger partial charge in [-0.3, -0.25) is 9.59 Å². The van der Waals surface area contributed by atoms with Crippen LogP contribution >= 0.6 is 0 Å². The summed E-state index contributed by atoms with van der Waals surface area (Å²) in [6, 6.07) is 19.2. The summed E-state index contributed by atoms with van der Waals surface area (Å²) in [6.45, 7) is 0. The van der Waals surface area contributed by atoms with Gasteiger partial charge in [0, 0.05) is 11.4 Å². The fourth-order valence-electron chi connectivity index (χ4n) is 3.17. The molecule has 6 nitrogen and oxygen atoms in total. The molecule has 3 N–H and O–H groups in total. The van der Waals surface area contributed by atoms with E-state index in [-0.39, 0.29) is 18.7 Å². The number of carbonyl (C=O) groups excluding carboxylic acids is 1. The summed E-state index contributed by atoms with van der Waals surface area (Å²) in [5.41, 5.74) is 9.83. The Morgan fingerprint density at radius 2 is 1.68 bits per heavy atom. The molecule has 0 unspecified atom stereocenters. The Bertz CT molecular complexity index is 973. The van der Waals surface area contributed by atoms with Crippen molar-refractivity contribution in [3.05, 3.63) is 71.9 Å².